The maximum Gasteiger partial charge on any atom is 0.260 e. The number of allylic oxidation sites excluding steroid dienone is 2. The highest BCUT2D eigenvalue weighted by Crippen LogP contribution is 2.37. The van der Waals surface area contributed by atoms with Gasteiger partial charge in [0, 0.05) is 11.1 Å². The Morgan fingerprint density at radius 3 is 2.62 bits per heavy atom. The fourth-order valence-corrected chi connectivity index (χ4v) is 3.35. The van der Waals surface area contributed by atoms with Crippen LogP contribution in [0.4, 0.5) is 5.69 Å². The van der Waals surface area contributed by atoms with Crippen LogP contribution in [0.15, 0.2) is 41.6 Å². The molecule has 0 atom stereocenters. The summed E-state index contributed by atoms with van der Waals surface area (Å²) in [5, 5.41) is 0. The Balaban J connectivity index is 1.93. The Kier molecular flexibility index (Phi) is 5.05. The Morgan fingerprint density at radius 1 is 1.21 bits per heavy atom. The summed E-state index contributed by atoms with van der Waals surface area (Å²) in [5.74, 6) is 0.0235. The Bertz CT molecular complexity index is 684. The van der Waals surface area contributed by atoms with Gasteiger partial charge in [0.05, 0.1) is 12.4 Å². The largest absolute Gasteiger partial charge is 0.699 e. The zero-order chi connectivity index (χ0) is 17.1. The highest BCUT2D eigenvalue weighted by atomic mass is 16.2. The summed E-state index contributed by atoms with van der Waals surface area (Å²) in [6.07, 6.45) is 6.28. The monoisotopic (exact) mass is 324 g/mol. The van der Waals surface area contributed by atoms with Gasteiger partial charge in [-0.1, -0.05) is 43.2 Å². The number of para-hydroxylation sites is 1. The topological polar surface area (TPSA) is 47.4 Å². The number of amides is 1. The van der Waals surface area contributed by atoms with E-state index >= 15 is 0 Å². The summed E-state index contributed by atoms with van der Waals surface area (Å²) in [6.45, 7) is 6.76. The number of piperidine rings is 1. The van der Waals surface area contributed by atoms with Crippen LogP contribution in [-0.4, -0.2) is 30.6 Å². The minimum Gasteiger partial charge on any atom is -0.699 e. The fourth-order valence-electron chi connectivity index (χ4n) is 3.35. The molecule has 0 bridgehead atoms. The maximum absolute atomic E-state index is 13.0. The highest BCUT2D eigenvalue weighted by Gasteiger charge is 2.32. The molecular formula is C20H26N3O-. The third kappa shape index (κ3) is 3.24. The van der Waals surface area contributed by atoms with Crippen molar-refractivity contribution in [3.63, 3.8) is 0 Å². The van der Waals surface area contributed by atoms with Crippen LogP contribution in [0.5, 0.6) is 0 Å². The van der Waals surface area contributed by atoms with E-state index in [9.17, 15) is 4.79 Å². The van der Waals surface area contributed by atoms with Gasteiger partial charge in [-0.2, -0.15) is 0 Å². The summed E-state index contributed by atoms with van der Waals surface area (Å²) in [5.41, 5.74) is 12.2. The van der Waals surface area contributed by atoms with Crippen LogP contribution in [0.3, 0.4) is 0 Å². The molecular weight excluding hydrogens is 298 g/mol. The van der Waals surface area contributed by atoms with Gasteiger partial charge in [-0.05, 0) is 45.3 Å². The van der Waals surface area contributed by atoms with E-state index in [2.05, 4.69) is 4.90 Å². The number of hydrogen-bond donors (Lipinski definition) is 0. The number of fused-ring (bicyclic) bond motifs is 1. The second-order valence-corrected chi connectivity index (χ2v) is 6.68. The third-order valence-electron chi connectivity index (χ3n) is 5.03. The summed E-state index contributed by atoms with van der Waals surface area (Å²) in [7, 11) is 0. The average Bonchev–Trinajstić information content (AvgIpc) is 2.88. The number of carbonyl (C=O) groups excluding carboxylic acids is 1. The van der Waals surface area contributed by atoms with E-state index in [1.165, 1.54) is 19.3 Å². The van der Waals surface area contributed by atoms with E-state index in [1.54, 1.807) is 6.08 Å². The molecule has 0 radical (unpaired) electrons. The molecule has 1 N–H and O–H groups in total. The molecule has 2 heterocycles. The number of benzene rings is 1. The quantitative estimate of drug-likeness (QED) is 0.760. The average molecular weight is 324 g/mol. The predicted molar refractivity (Wildman–Crippen MR) is 99.5 cm³/mol. The number of anilines is 1. The van der Waals surface area contributed by atoms with E-state index in [0.29, 0.717) is 17.9 Å². The second kappa shape index (κ2) is 7.22. The molecule has 1 fully saturated rings. The molecule has 0 aliphatic carbocycles. The van der Waals surface area contributed by atoms with Crippen LogP contribution in [0.1, 0.15) is 45.1 Å². The molecule has 1 aromatic carbocycles. The van der Waals surface area contributed by atoms with Crippen molar-refractivity contribution in [2.45, 2.75) is 39.5 Å². The van der Waals surface area contributed by atoms with E-state index < -0.39 is 0 Å². The number of hydrogen-bond acceptors (Lipinski definition) is 2. The molecule has 1 aromatic rings. The van der Waals surface area contributed by atoms with Gasteiger partial charge in [0.15, 0.2) is 0 Å². The molecule has 1 amide bonds. The zero-order valence-electron chi connectivity index (χ0n) is 14.6. The first-order valence-electron chi connectivity index (χ1n) is 8.88. The van der Waals surface area contributed by atoms with Crippen LogP contribution in [0, 0.1) is 0 Å². The van der Waals surface area contributed by atoms with Crippen molar-refractivity contribution in [1.82, 2.24) is 4.90 Å². The maximum atomic E-state index is 13.0. The number of carbonyl (C=O) groups is 1. The summed E-state index contributed by atoms with van der Waals surface area (Å²) in [4.78, 5) is 17.2. The van der Waals surface area contributed by atoms with Gasteiger partial charge in [0.25, 0.3) is 5.91 Å². The Morgan fingerprint density at radius 2 is 1.92 bits per heavy atom. The SMILES string of the molecule is CC/C(C)=C([NH-])/C=C1\C(=O)N(CN2CCCCC2)c2ccccc21. The zero-order valence-corrected chi connectivity index (χ0v) is 14.6. The van der Waals surface area contributed by atoms with Crippen molar-refractivity contribution in [2.75, 3.05) is 24.7 Å². The molecule has 128 valence electrons. The number of rotatable bonds is 4. The molecule has 4 heteroatoms. The molecule has 0 unspecified atom stereocenters. The van der Waals surface area contributed by atoms with Gasteiger partial charge in [0.2, 0.25) is 0 Å². The lowest BCUT2D eigenvalue weighted by Crippen LogP contribution is -2.42. The van der Waals surface area contributed by atoms with Crippen LogP contribution >= 0.6 is 0 Å². The summed E-state index contributed by atoms with van der Waals surface area (Å²) >= 11 is 0. The molecule has 3 rings (SSSR count). The van der Waals surface area contributed by atoms with Crippen LogP contribution < -0.4 is 4.90 Å². The minimum absolute atomic E-state index is 0.0235. The standard InChI is InChI=1S/C20H26N3O/c1-3-15(2)18(21)13-17-16-9-5-6-10-19(16)23(20(17)24)14-22-11-7-4-8-12-22/h5-6,9-10,13,21H,3-4,7-8,11-12,14H2,1-2H3/q-1/b17-13-,18-15-. The number of nitrogens with one attached hydrogen (secondary N) is 1. The van der Waals surface area contributed by atoms with E-state index in [1.807, 2.05) is 43.0 Å². The fraction of sp³-hybridized carbons (Fsp3) is 0.450. The molecule has 2 aliphatic rings. The van der Waals surface area contributed by atoms with Crippen molar-refractivity contribution in [1.29, 1.82) is 0 Å². The number of nitrogens with zero attached hydrogens (tertiary/aromatic N) is 2. The van der Waals surface area contributed by atoms with Crippen molar-refractivity contribution < 1.29 is 4.79 Å². The van der Waals surface area contributed by atoms with Gasteiger partial charge in [0.1, 0.15) is 0 Å². The van der Waals surface area contributed by atoms with Gasteiger partial charge >= 0.3 is 0 Å². The first-order valence-corrected chi connectivity index (χ1v) is 8.88. The van der Waals surface area contributed by atoms with Crippen molar-refractivity contribution in [3.05, 3.63) is 52.9 Å². The van der Waals surface area contributed by atoms with Gasteiger partial charge < -0.3 is 5.73 Å². The van der Waals surface area contributed by atoms with Crippen LogP contribution in [-0.2, 0) is 4.79 Å². The van der Waals surface area contributed by atoms with Crippen LogP contribution in [0.25, 0.3) is 11.3 Å². The lowest BCUT2D eigenvalue weighted by atomic mass is 10.0. The highest BCUT2D eigenvalue weighted by molar-refractivity contribution is 6.32. The van der Waals surface area contributed by atoms with E-state index in [0.717, 1.165) is 36.3 Å². The first-order chi connectivity index (χ1) is 11.6. The molecule has 4 nitrogen and oxygen atoms in total. The molecule has 0 aromatic heterocycles. The summed E-state index contributed by atoms with van der Waals surface area (Å²) in [6, 6.07) is 7.94. The lowest BCUT2D eigenvalue weighted by Gasteiger charge is -2.30. The van der Waals surface area contributed by atoms with E-state index in [4.69, 9.17) is 5.73 Å². The first kappa shape index (κ1) is 16.8. The molecule has 2 aliphatic heterocycles. The van der Waals surface area contributed by atoms with Crippen molar-refractivity contribution in [2.24, 2.45) is 0 Å². The van der Waals surface area contributed by atoms with Crippen molar-refractivity contribution >= 4 is 17.2 Å². The molecule has 1 saturated heterocycles. The normalized spacial score (nSPS) is 21.2. The molecule has 0 spiro atoms. The molecule has 0 saturated carbocycles. The minimum atomic E-state index is 0.0235. The van der Waals surface area contributed by atoms with Gasteiger partial charge in [-0.3, -0.25) is 14.6 Å². The summed E-state index contributed by atoms with van der Waals surface area (Å²) < 4.78 is 0. The third-order valence-corrected chi connectivity index (χ3v) is 5.03. The lowest BCUT2D eigenvalue weighted by molar-refractivity contribution is -0.113. The predicted octanol–water partition coefficient (Wildman–Crippen LogP) is 4.60. The van der Waals surface area contributed by atoms with E-state index in [-0.39, 0.29) is 5.91 Å². The molecule has 24 heavy (non-hydrogen) atoms. The Labute approximate surface area is 144 Å². The second-order valence-electron chi connectivity index (χ2n) is 6.68. The smallest absolute Gasteiger partial charge is 0.260 e. The van der Waals surface area contributed by atoms with Crippen molar-refractivity contribution in [3.8, 4) is 0 Å². The van der Waals surface area contributed by atoms with Gasteiger partial charge in [-0.25, -0.2) is 0 Å². The van der Waals surface area contributed by atoms with Gasteiger partial charge in [-0.15, -0.1) is 5.70 Å². The number of likely N-dealkylation sites (tertiary alicyclic amines) is 1. The van der Waals surface area contributed by atoms with Crippen LogP contribution in [0.2, 0.25) is 0 Å². The Hall–Kier alpha value is -2.07.